The zero-order valence-electron chi connectivity index (χ0n) is 17.2. The van der Waals surface area contributed by atoms with Crippen LogP contribution in [0.3, 0.4) is 0 Å². The van der Waals surface area contributed by atoms with E-state index in [1.165, 1.54) is 10.9 Å². The van der Waals surface area contributed by atoms with E-state index in [-0.39, 0.29) is 12.2 Å². The van der Waals surface area contributed by atoms with Crippen molar-refractivity contribution >= 4 is 17.1 Å². The summed E-state index contributed by atoms with van der Waals surface area (Å²) in [5.74, 6) is 2.05. The van der Waals surface area contributed by atoms with Crippen molar-refractivity contribution in [1.82, 2.24) is 9.66 Å². The highest BCUT2D eigenvalue weighted by atomic mass is 16.5. The Kier molecular flexibility index (Phi) is 5.48. The standard InChI is InChI=1S/C24H23N3O3/c1-16(2)19-11-10-17(3)13-22(19)30-15-23-26-21-9-5-4-8-20(21)24(28)27(23)25-14-18-7-6-12-29-18/h4-14,16H,15H2,1-3H3/b25-14+. The van der Waals surface area contributed by atoms with E-state index in [0.717, 1.165) is 16.9 Å². The molecule has 0 fully saturated rings. The van der Waals surface area contributed by atoms with Crippen LogP contribution in [0.5, 0.6) is 5.75 Å². The predicted molar refractivity (Wildman–Crippen MR) is 117 cm³/mol. The molecule has 30 heavy (non-hydrogen) atoms. The fraction of sp³-hybridized carbons (Fsp3) is 0.208. The molecule has 0 unspecified atom stereocenters. The van der Waals surface area contributed by atoms with Gasteiger partial charge < -0.3 is 9.15 Å². The molecule has 152 valence electrons. The molecule has 2 aromatic heterocycles. The molecule has 2 heterocycles. The van der Waals surface area contributed by atoms with E-state index in [0.29, 0.717) is 28.4 Å². The summed E-state index contributed by atoms with van der Waals surface area (Å²) in [7, 11) is 0. The number of para-hydroxylation sites is 1. The summed E-state index contributed by atoms with van der Waals surface area (Å²) < 4.78 is 12.7. The maximum absolute atomic E-state index is 13.1. The lowest BCUT2D eigenvalue weighted by Crippen LogP contribution is -2.23. The van der Waals surface area contributed by atoms with Crippen LogP contribution in [0.15, 0.2) is 75.2 Å². The van der Waals surface area contributed by atoms with Crippen LogP contribution in [0.4, 0.5) is 0 Å². The molecule has 0 aliphatic rings. The second-order valence-corrected chi connectivity index (χ2v) is 7.41. The van der Waals surface area contributed by atoms with Gasteiger partial charge in [0.15, 0.2) is 5.82 Å². The van der Waals surface area contributed by atoms with Crippen molar-refractivity contribution < 1.29 is 9.15 Å². The summed E-state index contributed by atoms with van der Waals surface area (Å²) in [5, 5.41) is 4.83. The molecule has 0 radical (unpaired) electrons. The molecule has 6 heteroatoms. The number of furan rings is 1. The van der Waals surface area contributed by atoms with Crippen LogP contribution in [0.1, 0.15) is 42.5 Å². The molecular weight excluding hydrogens is 378 g/mol. The average molecular weight is 401 g/mol. The quantitative estimate of drug-likeness (QED) is 0.432. The minimum atomic E-state index is -0.254. The van der Waals surface area contributed by atoms with Gasteiger partial charge >= 0.3 is 0 Å². The van der Waals surface area contributed by atoms with Gasteiger partial charge in [-0.25, -0.2) is 4.98 Å². The Balaban J connectivity index is 1.75. The number of fused-ring (bicyclic) bond motifs is 1. The van der Waals surface area contributed by atoms with Gasteiger partial charge in [-0.1, -0.05) is 38.1 Å². The molecule has 4 rings (SSSR count). The second kappa shape index (κ2) is 8.37. The Morgan fingerprint density at radius 3 is 2.77 bits per heavy atom. The van der Waals surface area contributed by atoms with Gasteiger partial charge in [-0.2, -0.15) is 9.78 Å². The smallest absolute Gasteiger partial charge is 0.282 e. The van der Waals surface area contributed by atoms with E-state index in [1.807, 2.05) is 31.2 Å². The van der Waals surface area contributed by atoms with Gasteiger partial charge in [0.25, 0.3) is 5.56 Å². The fourth-order valence-corrected chi connectivity index (χ4v) is 3.25. The van der Waals surface area contributed by atoms with Gasteiger partial charge in [0, 0.05) is 0 Å². The highest BCUT2D eigenvalue weighted by Crippen LogP contribution is 2.28. The molecule has 0 spiro atoms. The summed E-state index contributed by atoms with van der Waals surface area (Å²) in [6.45, 7) is 6.37. The summed E-state index contributed by atoms with van der Waals surface area (Å²) in [6, 6.07) is 16.9. The molecular formula is C24H23N3O3. The molecule has 0 bridgehead atoms. The summed E-state index contributed by atoms with van der Waals surface area (Å²) >= 11 is 0. The molecule has 0 aliphatic heterocycles. The van der Waals surface area contributed by atoms with Crippen LogP contribution in [0, 0.1) is 6.92 Å². The first-order valence-electron chi connectivity index (χ1n) is 9.85. The van der Waals surface area contributed by atoms with Gasteiger partial charge in [-0.05, 0) is 54.3 Å². The highest BCUT2D eigenvalue weighted by molar-refractivity contribution is 5.78. The number of rotatable bonds is 6. The third kappa shape index (κ3) is 4.03. The molecule has 0 saturated carbocycles. The van der Waals surface area contributed by atoms with Crippen LogP contribution in [-0.4, -0.2) is 15.9 Å². The Bertz CT molecular complexity index is 1250. The molecule has 6 nitrogen and oxygen atoms in total. The lowest BCUT2D eigenvalue weighted by atomic mass is 10.0. The van der Waals surface area contributed by atoms with Crippen molar-refractivity contribution in [2.75, 3.05) is 0 Å². The van der Waals surface area contributed by atoms with Crippen molar-refractivity contribution in [3.8, 4) is 5.75 Å². The number of aryl methyl sites for hydroxylation is 1. The van der Waals surface area contributed by atoms with Gasteiger partial charge in [0.2, 0.25) is 0 Å². The van der Waals surface area contributed by atoms with Crippen molar-refractivity contribution in [1.29, 1.82) is 0 Å². The van der Waals surface area contributed by atoms with Gasteiger partial charge in [-0.15, -0.1) is 0 Å². The fourth-order valence-electron chi connectivity index (χ4n) is 3.25. The number of ether oxygens (including phenoxy) is 1. The number of nitrogens with zero attached hydrogens (tertiary/aromatic N) is 3. The summed E-state index contributed by atoms with van der Waals surface area (Å²) in [6.07, 6.45) is 3.05. The van der Waals surface area contributed by atoms with Crippen LogP contribution >= 0.6 is 0 Å². The van der Waals surface area contributed by atoms with Gasteiger partial charge in [-0.3, -0.25) is 4.79 Å². The Morgan fingerprint density at radius 2 is 2.00 bits per heavy atom. The molecule has 0 N–H and O–H groups in total. The number of aromatic nitrogens is 2. The van der Waals surface area contributed by atoms with E-state index >= 15 is 0 Å². The van der Waals surface area contributed by atoms with Crippen LogP contribution in [0.2, 0.25) is 0 Å². The maximum atomic E-state index is 13.1. The Labute approximate surface area is 174 Å². The molecule has 0 aliphatic carbocycles. The molecule has 4 aromatic rings. The predicted octanol–water partition coefficient (Wildman–Crippen LogP) is 4.88. The second-order valence-electron chi connectivity index (χ2n) is 7.41. The summed E-state index contributed by atoms with van der Waals surface area (Å²) in [4.78, 5) is 17.7. The van der Waals surface area contributed by atoms with E-state index in [9.17, 15) is 4.79 Å². The van der Waals surface area contributed by atoms with E-state index < -0.39 is 0 Å². The number of hydrogen-bond acceptors (Lipinski definition) is 5. The largest absolute Gasteiger partial charge is 0.485 e. The third-order valence-corrected chi connectivity index (χ3v) is 4.81. The topological polar surface area (TPSA) is 69.6 Å². The Hall–Kier alpha value is -3.67. The number of benzene rings is 2. The van der Waals surface area contributed by atoms with Crippen molar-refractivity contribution in [3.63, 3.8) is 0 Å². The van der Waals surface area contributed by atoms with Crippen molar-refractivity contribution in [2.24, 2.45) is 5.10 Å². The SMILES string of the molecule is Cc1ccc(C(C)C)c(OCc2nc3ccccc3c(=O)n2/N=C/c2ccco2)c1. The zero-order valence-corrected chi connectivity index (χ0v) is 17.2. The first kappa shape index (κ1) is 19.6. The van der Waals surface area contributed by atoms with Gasteiger partial charge in [0.05, 0.1) is 23.4 Å². The Morgan fingerprint density at radius 1 is 1.17 bits per heavy atom. The lowest BCUT2D eigenvalue weighted by molar-refractivity contribution is 0.285. The van der Waals surface area contributed by atoms with E-state index in [1.54, 1.807) is 24.5 Å². The van der Waals surface area contributed by atoms with Crippen molar-refractivity contribution in [3.05, 3.63) is 93.9 Å². The lowest BCUT2D eigenvalue weighted by Gasteiger charge is -2.16. The van der Waals surface area contributed by atoms with Crippen molar-refractivity contribution in [2.45, 2.75) is 33.3 Å². The summed E-state index contributed by atoms with van der Waals surface area (Å²) in [5.41, 5.74) is 2.57. The number of hydrogen-bond donors (Lipinski definition) is 0. The van der Waals surface area contributed by atoms with Crippen LogP contribution in [0.25, 0.3) is 10.9 Å². The highest BCUT2D eigenvalue weighted by Gasteiger charge is 2.13. The minimum absolute atomic E-state index is 0.110. The molecule has 0 amide bonds. The first-order chi connectivity index (χ1) is 14.5. The average Bonchev–Trinajstić information content (AvgIpc) is 3.25. The van der Waals surface area contributed by atoms with Crippen LogP contribution in [-0.2, 0) is 6.61 Å². The maximum Gasteiger partial charge on any atom is 0.282 e. The van der Waals surface area contributed by atoms with Crippen LogP contribution < -0.4 is 10.3 Å². The third-order valence-electron chi connectivity index (χ3n) is 4.81. The minimum Gasteiger partial charge on any atom is -0.485 e. The first-order valence-corrected chi connectivity index (χ1v) is 9.85. The molecule has 0 saturated heterocycles. The normalized spacial score (nSPS) is 11.6. The zero-order chi connectivity index (χ0) is 21.1. The monoisotopic (exact) mass is 401 g/mol. The van der Waals surface area contributed by atoms with E-state index in [4.69, 9.17) is 9.15 Å². The molecule has 2 aromatic carbocycles. The van der Waals surface area contributed by atoms with Gasteiger partial charge in [0.1, 0.15) is 18.1 Å². The van der Waals surface area contributed by atoms with E-state index in [2.05, 4.69) is 36.1 Å². The molecule has 0 atom stereocenters.